The number of rotatable bonds is 5. The first-order valence-electron chi connectivity index (χ1n) is 6.33. The van der Waals surface area contributed by atoms with Crippen LogP contribution in [0.1, 0.15) is 24.8 Å². The lowest BCUT2D eigenvalue weighted by Crippen LogP contribution is -2.47. The highest BCUT2D eigenvalue weighted by molar-refractivity contribution is 9.10. The second kappa shape index (κ2) is 5.92. The van der Waals surface area contributed by atoms with Crippen molar-refractivity contribution >= 4 is 21.8 Å². The predicted molar refractivity (Wildman–Crippen MR) is 75.9 cm³/mol. The highest BCUT2D eigenvalue weighted by Gasteiger charge is 2.43. The molecule has 4 nitrogen and oxygen atoms in total. The SMILES string of the molecule is COc1ccc(CNC(=O)C2(CO)CCC2)cc1Br. The van der Waals surface area contributed by atoms with Crippen LogP contribution in [0.2, 0.25) is 0 Å². The van der Waals surface area contributed by atoms with Gasteiger partial charge >= 0.3 is 0 Å². The monoisotopic (exact) mass is 327 g/mol. The van der Waals surface area contributed by atoms with Crippen molar-refractivity contribution in [1.82, 2.24) is 5.32 Å². The molecule has 0 aromatic heterocycles. The van der Waals surface area contributed by atoms with Crippen LogP contribution in [0.15, 0.2) is 22.7 Å². The molecule has 1 aromatic carbocycles. The van der Waals surface area contributed by atoms with Gasteiger partial charge in [-0.15, -0.1) is 0 Å². The molecule has 0 bridgehead atoms. The molecule has 0 unspecified atom stereocenters. The number of methoxy groups -OCH3 is 1. The number of carbonyl (C=O) groups excluding carboxylic acids is 1. The molecule has 1 aromatic rings. The van der Waals surface area contributed by atoms with Crippen molar-refractivity contribution < 1.29 is 14.6 Å². The van der Waals surface area contributed by atoms with Crippen LogP contribution in [-0.4, -0.2) is 24.7 Å². The summed E-state index contributed by atoms with van der Waals surface area (Å²) in [5, 5.41) is 12.2. The minimum atomic E-state index is -0.538. The molecule has 19 heavy (non-hydrogen) atoms. The zero-order valence-electron chi connectivity index (χ0n) is 10.9. The van der Waals surface area contributed by atoms with Gasteiger partial charge in [0, 0.05) is 6.54 Å². The minimum absolute atomic E-state index is 0.0480. The summed E-state index contributed by atoms with van der Waals surface area (Å²) in [7, 11) is 1.61. The summed E-state index contributed by atoms with van der Waals surface area (Å²) in [4.78, 5) is 12.1. The van der Waals surface area contributed by atoms with Gasteiger partial charge < -0.3 is 15.2 Å². The van der Waals surface area contributed by atoms with E-state index in [0.29, 0.717) is 6.54 Å². The van der Waals surface area contributed by atoms with E-state index in [1.54, 1.807) is 7.11 Å². The van der Waals surface area contributed by atoms with Crippen molar-refractivity contribution in [3.63, 3.8) is 0 Å². The van der Waals surface area contributed by atoms with Gasteiger partial charge in [-0.25, -0.2) is 0 Å². The Bertz CT molecular complexity index is 466. The van der Waals surface area contributed by atoms with E-state index in [4.69, 9.17) is 4.74 Å². The van der Waals surface area contributed by atoms with Crippen molar-refractivity contribution in [1.29, 1.82) is 0 Å². The third kappa shape index (κ3) is 2.92. The third-order valence-corrected chi connectivity index (χ3v) is 4.38. The Morgan fingerprint density at radius 3 is 2.74 bits per heavy atom. The fraction of sp³-hybridized carbons (Fsp3) is 0.500. The number of benzene rings is 1. The Kier molecular flexibility index (Phi) is 4.47. The molecule has 5 heteroatoms. The van der Waals surface area contributed by atoms with Gasteiger partial charge in [-0.3, -0.25) is 4.79 Å². The van der Waals surface area contributed by atoms with Crippen LogP contribution >= 0.6 is 15.9 Å². The van der Waals surface area contributed by atoms with Crippen LogP contribution in [0.5, 0.6) is 5.75 Å². The van der Waals surface area contributed by atoms with Crippen LogP contribution in [0.4, 0.5) is 0 Å². The Labute approximate surface area is 121 Å². The summed E-state index contributed by atoms with van der Waals surface area (Å²) in [6, 6.07) is 5.69. The van der Waals surface area contributed by atoms with E-state index in [1.807, 2.05) is 18.2 Å². The Balaban J connectivity index is 1.95. The molecule has 0 atom stereocenters. The largest absolute Gasteiger partial charge is 0.496 e. The van der Waals surface area contributed by atoms with Crippen molar-refractivity contribution in [3.05, 3.63) is 28.2 Å². The molecule has 1 fully saturated rings. The number of halogens is 1. The fourth-order valence-electron chi connectivity index (χ4n) is 2.25. The van der Waals surface area contributed by atoms with E-state index in [9.17, 15) is 9.90 Å². The molecule has 1 saturated carbocycles. The maximum Gasteiger partial charge on any atom is 0.228 e. The van der Waals surface area contributed by atoms with E-state index in [0.717, 1.165) is 35.0 Å². The Morgan fingerprint density at radius 2 is 2.26 bits per heavy atom. The number of hydrogen-bond donors (Lipinski definition) is 2. The van der Waals surface area contributed by atoms with Gasteiger partial charge in [0.2, 0.25) is 5.91 Å². The van der Waals surface area contributed by atoms with E-state index >= 15 is 0 Å². The highest BCUT2D eigenvalue weighted by Crippen LogP contribution is 2.40. The van der Waals surface area contributed by atoms with Crippen molar-refractivity contribution in [2.45, 2.75) is 25.8 Å². The Morgan fingerprint density at radius 1 is 1.53 bits per heavy atom. The van der Waals surface area contributed by atoms with Crippen molar-refractivity contribution in [2.75, 3.05) is 13.7 Å². The lowest BCUT2D eigenvalue weighted by Gasteiger charge is -2.38. The average Bonchev–Trinajstić information content (AvgIpc) is 2.36. The first-order chi connectivity index (χ1) is 9.11. The van der Waals surface area contributed by atoms with Gasteiger partial charge in [-0.1, -0.05) is 12.5 Å². The maximum absolute atomic E-state index is 12.1. The normalized spacial score (nSPS) is 16.6. The molecule has 0 heterocycles. The molecule has 1 amide bonds. The van der Waals surface area contributed by atoms with E-state index in [2.05, 4.69) is 21.2 Å². The number of hydrogen-bond acceptors (Lipinski definition) is 3. The first kappa shape index (κ1) is 14.3. The number of ether oxygens (including phenoxy) is 1. The van der Waals surface area contributed by atoms with E-state index in [-0.39, 0.29) is 12.5 Å². The Hall–Kier alpha value is -1.07. The zero-order chi connectivity index (χ0) is 13.9. The summed E-state index contributed by atoms with van der Waals surface area (Å²) >= 11 is 3.41. The van der Waals surface area contributed by atoms with Gasteiger partial charge in [-0.2, -0.15) is 0 Å². The number of carbonyl (C=O) groups is 1. The van der Waals surface area contributed by atoms with Crippen molar-refractivity contribution in [2.24, 2.45) is 5.41 Å². The number of amides is 1. The van der Waals surface area contributed by atoms with Crippen LogP contribution in [-0.2, 0) is 11.3 Å². The zero-order valence-corrected chi connectivity index (χ0v) is 12.5. The lowest BCUT2D eigenvalue weighted by molar-refractivity contribution is -0.139. The predicted octanol–water partition coefficient (Wildman–Crippen LogP) is 2.24. The summed E-state index contributed by atoms with van der Waals surface area (Å²) < 4.78 is 6.02. The summed E-state index contributed by atoms with van der Waals surface area (Å²) in [5.74, 6) is 0.717. The van der Waals surface area contributed by atoms with Gasteiger partial charge in [0.25, 0.3) is 0 Å². The van der Waals surface area contributed by atoms with Crippen LogP contribution < -0.4 is 10.1 Å². The quantitative estimate of drug-likeness (QED) is 0.871. The molecule has 0 saturated heterocycles. The molecule has 0 radical (unpaired) electrons. The van der Waals surface area contributed by atoms with Gasteiger partial charge in [0.05, 0.1) is 23.6 Å². The standard InChI is InChI=1S/C14H18BrNO3/c1-19-12-4-3-10(7-11(12)15)8-16-13(18)14(9-17)5-2-6-14/h3-4,7,17H,2,5-6,8-9H2,1H3,(H,16,18). The summed E-state index contributed by atoms with van der Waals surface area (Å²) in [6.07, 6.45) is 2.57. The molecular formula is C14H18BrNO3. The highest BCUT2D eigenvalue weighted by atomic mass is 79.9. The molecule has 2 N–H and O–H groups in total. The third-order valence-electron chi connectivity index (χ3n) is 3.76. The lowest BCUT2D eigenvalue weighted by atomic mass is 9.68. The molecule has 2 rings (SSSR count). The molecule has 0 aliphatic heterocycles. The molecule has 0 spiro atoms. The number of aliphatic hydroxyl groups is 1. The second-order valence-corrected chi connectivity index (χ2v) is 5.80. The summed E-state index contributed by atoms with van der Waals surface area (Å²) in [6.45, 7) is 0.397. The van der Waals surface area contributed by atoms with Gasteiger partial charge in [-0.05, 0) is 46.5 Å². The topological polar surface area (TPSA) is 58.6 Å². The second-order valence-electron chi connectivity index (χ2n) is 4.94. The van der Waals surface area contributed by atoms with Gasteiger partial charge in [0.1, 0.15) is 5.75 Å². The smallest absolute Gasteiger partial charge is 0.228 e. The minimum Gasteiger partial charge on any atom is -0.496 e. The summed E-state index contributed by atoms with van der Waals surface area (Å²) in [5.41, 5.74) is 0.456. The molecular weight excluding hydrogens is 310 g/mol. The van der Waals surface area contributed by atoms with E-state index < -0.39 is 5.41 Å². The molecule has 1 aliphatic rings. The van der Waals surface area contributed by atoms with E-state index in [1.165, 1.54) is 0 Å². The average molecular weight is 328 g/mol. The van der Waals surface area contributed by atoms with Crippen LogP contribution in [0, 0.1) is 5.41 Å². The van der Waals surface area contributed by atoms with Crippen molar-refractivity contribution in [3.8, 4) is 5.75 Å². The van der Waals surface area contributed by atoms with Gasteiger partial charge in [0.15, 0.2) is 0 Å². The number of nitrogens with one attached hydrogen (secondary N) is 1. The maximum atomic E-state index is 12.1. The van der Waals surface area contributed by atoms with Crippen LogP contribution in [0.25, 0.3) is 0 Å². The molecule has 1 aliphatic carbocycles. The molecule has 104 valence electrons. The fourth-order valence-corrected chi connectivity index (χ4v) is 2.84. The first-order valence-corrected chi connectivity index (χ1v) is 7.12. The number of aliphatic hydroxyl groups excluding tert-OH is 1. The van der Waals surface area contributed by atoms with Crippen LogP contribution in [0.3, 0.4) is 0 Å².